The molecule has 1 aliphatic rings. The molecule has 0 bridgehead atoms. The summed E-state index contributed by atoms with van der Waals surface area (Å²) in [6.45, 7) is 9.79. The van der Waals surface area contributed by atoms with E-state index in [-0.39, 0.29) is 12.2 Å². The van der Waals surface area contributed by atoms with Crippen LogP contribution in [0, 0.1) is 11.8 Å². The maximum absolute atomic E-state index is 13.2. The Kier molecular flexibility index (Phi) is 16.2. The topological polar surface area (TPSA) is 142 Å². The fourth-order valence-corrected chi connectivity index (χ4v) is 4.64. The molecule has 3 unspecified atom stereocenters. The molecule has 1 heterocycles. The van der Waals surface area contributed by atoms with Gasteiger partial charge >= 0.3 is 5.97 Å². The van der Waals surface area contributed by atoms with Crippen LogP contribution in [0.25, 0.3) is 0 Å². The third kappa shape index (κ3) is 13.9. The number of allylic oxidation sites excluding steroid dienone is 1. The van der Waals surface area contributed by atoms with Crippen molar-refractivity contribution < 1.29 is 33.8 Å². The number of hydrogen-bond acceptors (Lipinski definition) is 7. The first-order chi connectivity index (χ1) is 19.2. The Hall–Kier alpha value is -3.01. The van der Waals surface area contributed by atoms with Gasteiger partial charge < -0.3 is 25.4 Å². The number of Topliss-reactive ketones (excluding diaryl/α,β-unsaturated/α-hetero) is 1. The van der Waals surface area contributed by atoms with Crippen molar-refractivity contribution in [2.45, 2.75) is 110 Å². The molecule has 0 aromatic carbocycles. The molecule has 10 heteroatoms. The SMILES string of the molecule is C=C1C=CC(=O)N(C)CC(=O)OC(CCCCCCCCCCCC(C)C)C(C)C(=O)C(C)(O)C(=O)NCC(=O)N1. The summed E-state index contributed by atoms with van der Waals surface area (Å²) >= 11 is 0. The van der Waals surface area contributed by atoms with E-state index in [1.807, 2.05) is 0 Å². The van der Waals surface area contributed by atoms with E-state index in [0.29, 0.717) is 12.8 Å². The van der Waals surface area contributed by atoms with Gasteiger partial charge in [0.25, 0.3) is 5.91 Å². The van der Waals surface area contributed by atoms with Gasteiger partial charge in [-0.15, -0.1) is 0 Å². The number of nitrogens with zero attached hydrogens (tertiary/aromatic N) is 1. The number of amides is 3. The number of aliphatic hydroxyl groups is 1. The van der Waals surface area contributed by atoms with Crippen LogP contribution in [0.4, 0.5) is 0 Å². The fraction of sp³-hybridized carbons (Fsp3) is 0.710. The smallest absolute Gasteiger partial charge is 0.325 e. The minimum Gasteiger partial charge on any atom is -0.460 e. The Bertz CT molecular complexity index is 942. The largest absolute Gasteiger partial charge is 0.460 e. The molecule has 232 valence electrons. The average Bonchev–Trinajstić information content (AvgIpc) is 2.90. The molecule has 0 aliphatic carbocycles. The summed E-state index contributed by atoms with van der Waals surface area (Å²) < 4.78 is 5.64. The van der Waals surface area contributed by atoms with E-state index in [1.165, 1.54) is 58.6 Å². The van der Waals surface area contributed by atoms with Crippen LogP contribution in [0.2, 0.25) is 0 Å². The lowest BCUT2D eigenvalue weighted by atomic mass is 9.85. The Balaban J connectivity index is 2.83. The van der Waals surface area contributed by atoms with Crippen molar-refractivity contribution in [1.82, 2.24) is 15.5 Å². The van der Waals surface area contributed by atoms with Crippen molar-refractivity contribution >= 4 is 29.5 Å². The fourth-order valence-electron chi connectivity index (χ4n) is 4.64. The van der Waals surface area contributed by atoms with Crippen LogP contribution in [0.5, 0.6) is 0 Å². The first-order valence-electron chi connectivity index (χ1n) is 14.9. The minimum absolute atomic E-state index is 0.0797. The Morgan fingerprint density at radius 2 is 1.56 bits per heavy atom. The molecule has 0 saturated heterocycles. The van der Waals surface area contributed by atoms with Crippen molar-refractivity contribution in [3.05, 3.63) is 24.4 Å². The van der Waals surface area contributed by atoms with E-state index in [4.69, 9.17) is 4.74 Å². The number of esters is 1. The summed E-state index contributed by atoms with van der Waals surface area (Å²) in [6, 6.07) is 0. The summed E-state index contributed by atoms with van der Waals surface area (Å²) in [6.07, 6.45) is 13.1. The number of nitrogens with one attached hydrogen (secondary N) is 2. The Morgan fingerprint density at radius 1 is 1.00 bits per heavy atom. The van der Waals surface area contributed by atoms with Crippen LogP contribution in [-0.4, -0.2) is 71.3 Å². The standard InChI is InChI=1S/C31H51N3O7/c1-22(2)16-14-12-10-8-7-9-11-13-15-17-25-24(4)29(38)31(5,40)30(39)32-20-26(35)33-23(3)18-19-27(36)34(6)21-28(37)41-25/h18-19,22,24-25,40H,3,7-17,20-21H2,1-2,4-6H3,(H,32,39)(H,33,35). The molecule has 1 aliphatic heterocycles. The van der Waals surface area contributed by atoms with Gasteiger partial charge in [-0.3, -0.25) is 24.0 Å². The van der Waals surface area contributed by atoms with E-state index in [2.05, 4.69) is 31.1 Å². The maximum Gasteiger partial charge on any atom is 0.325 e. The lowest BCUT2D eigenvalue weighted by Gasteiger charge is -2.29. The van der Waals surface area contributed by atoms with Crippen molar-refractivity contribution in [2.24, 2.45) is 11.8 Å². The van der Waals surface area contributed by atoms with Crippen LogP contribution in [-0.2, 0) is 28.7 Å². The highest BCUT2D eigenvalue weighted by Gasteiger charge is 2.44. The van der Waals surface area contributed by atoms with Gasteiger partial charge in [0.2, 0.25) is 11.8 Å². The second-order valence-corrected chi connectivity index (χ2v) is 11.7. The van der Waals surface area contributed by atoms with E-state index < -0.39 is 53.6 Å². The highest BCUT2D eigenvalue weighted by atomic mass is 16.5. The van der Waals surface area contributed by atoms with Crippen LogP contribution in [0.1, 0.15) is 98.3 Å². The number of cyclic esters (lactones) is 1. The second kappa shape index (κ2) is 18.4. The molecule has 3 amide bonds. The van der Waals surface area contributed by atoms with Gasteiger partial charge in [0.05, 0.1) is 12.5 Å². The number of carbonyl (C=O) groups excluding carboxylic acids is 5. The number of unbranched alkanes of at least 4 members (excludes halogenated alkanes) is 8. The number of ketones is 1. The molecule has 3 atom stereocenters. The zero-order chi connectivity index (χ0) is 31.0. The molecule has 10 nitrogen and oxygen atoms in total. The highest BCUT2D eigenvalue weighted by Crippen LogP contribution is 2.23. The van der Waals surface area contributed by atoms with Crippen molar-refractivity contribution in [2.75, 3.05) is 20.1 Å². The molecule has 0 aromatic rings. The molecule has 0 fully saturated rings. The third-order valence-electron chi connectivity index (χ3n) is 7.33. The summed E-state index contributed by atoms with van der Waals surface area (Å²) in [5, 5.41) is 15.4. The molecular weight excluding hydrogens is 526 g/mol. The van der Waals surface area contributed by atoms with Crippen molar-refractivity contribution in [1.29, 1.82) is 0 Å². The third-order valence-corrected chi connectivity index (χ3v) is 7.33. The molecule has 0 saturated carbocycles. The van der Waals surface area contributed by atoms with E-state index in [1.54, 1.807) is 0 Å². The van der Waals surface area contributed by atoms with Gasteiger partial charge in [0, 0.05) is 18.8 Å². The second-order valence-electron chi connectivity index (χ2n) is 11.7. The summed E-state index contributed by atoms with van der Waals surface area (Å²) in [4.78, 5) is 64.3. The normalized spacial score (nSPS) is 23.8. The van der Waals surface area contributed by atoms with Crippen LogP contribution in [0.3, 0.4) is 0 Å². The van der Waals surface area contributed by atoms with Crippen molar-refractivity contribution in [3.63, 3.8) is 0 Å². The zero-order valence-corrected chi connectivity index (χ0v) is 25.6. The monoisotopic (exact) mass is 577 g/mol. The number of rotatable bonds is 12. The molecule has 0 spiro atoms. The predicted octanol–water partition coefficient (Wildman–Crippen LogP) is 3.58. The molecule has 0 aromatic heterocycles. The van der Waals surface area contributed by atoms with Crippen molar-refractivity contribution in [3.8, 4) is 0 Å². The Labute approximate surface area is 245 Å². The first kappa shape index (κ1) is 36.0. The van der Waals surface area contributed by atoms with Crippen LogP contribution >= 0.6 is 0 Å². The van der Waals surface area contributed by atoms with E-state index in [9.17, 15) is 29.1 Å². The van der Waals surface area contributed by atoms with Gasteiger partial charge in [-0.05, 0) is 31.8 Å². The van der Waals surface area contributed by atoms with Gasteiger partial charge in [-0.25, -0.2) is 0 Å². The molecule has 3 N–H and O–H groups in total. The quantitative estimate of drug-likeness (QED) is 0.183. The average molecular weight is 578 g/mol. The van der Waals surface area contributed by atoms with Crippen LogP contribution in [0.15, 0.2) is 24.4 Å². The van der Waals surface area contributed by atoms with E-state index in [0.717, 1.165) is 43.1 Å². The Morgan fingerprint density at radius 3 is 2.15 bits per heavy atom. The lowest BCUT2D eigenvalue weighted by molar-refractivity contribution is -0.162. The van der Waals surface area contributed by atoms with Crippen LogP contribution < -0.4 is 10.6 Å². The molecule has 41 heavy (non-hydrogen) atoms. The maximum atomic E-state index is 13.2. The highest BCUT2D eigenvalue weighted by molar-refractivity contribution is 6.10. The number of ether oxygens (including phenoxy) is 1. The van der Waals surface area contributed by atoms with E-state index >= 15 is 0 Å². The van der Waals surface area contributed by atoms with Gasteiger partial charge in [0.15, 0.2) is 11.4 Å². The minimum atomic E-state index is -2.45. The van der Waals surface area contributed by atoms with Gasteiger partial charge in [0.1, 0.15) is 12.6 Å². The number of likely N-dealkylation sites (N-methyl/N-ethyl adjacent to an activating group) is 1. The first-order valence-corrected chi connectivity index (χ1v) is 14.9. The zero-order valence-electron chi connectivity index (χ0n) is 25.6. The summed E-state index contributed by atoms with van der Waals surface area (Å²) in [5.41, 5.74) is -2.37. The molecule has 0 radical (unpaired) electrons. The van der Waals surface area contributed by atoms with Gasteiger partial charge in [-0.2, -0.15) is 0 Å². The molecular formula is C31H51N3O7. The lowest BCUT2D eigenvalue weighted by Crippen LogP contribution is -2.55. The summed E-state index contributed by atoms with van der Waals surface area (Å²) in [7, 11) is 1.42. The molecule has 1 rings (SSSR count). The number of hydrogen-bond donors (Lipinski definition) is 3. The predicted molar refractivity (Wildman–Crippen MR) is 157 cm³/mol. The van der Waals surface area contributed by atoms with Gasteiger partial charge in [-0.1, -0.05) is 85.1 Å². The number of carbonyl (C=O) groups is 5. The summed E-state index contributed by atoms with van der Waals surface area (Å²) in [5.74, 6) is -4.00.